The van der Waals surface area contributed by atoms with E-state index in [1.807, 2.05) is 0 Å². The Morgan fingerprint density at radius 2 is 1.92 bits per heavy atom. The van der Waals surface area contributed by atoms with Gasteiger partial charge in [0.2, 0.25) is 0 Å². The normalized spacial score (nSPS) is 11.8. The Kier molecular flexibility index (Phi) is 11.0. The van der Waals surface area contributed by atoms with E-state index in [0.29, 0.717) is 0 Å². The Bertz CT molecular complexity index is 203. The Morgan fingerprint density at radius 3 is 2.15 bits per heavy atom. The molecule has 13 heavy (non-hydrogen) atoms. The molecule has 0 aromatic carbocycles. The first-order valence-electron chi connectivity index (χ1n) is 3.45. The molecule has 1 unspecified atom stereocenters. The number of esters is 1. The van der Waals surface area contributed by atoms with Crippen molar-refractivity contribution in [3.8, 4) is 6.07 Å². The van der Waals surface area contributed by atoms with Crippen LogP contribution in [-0.2, 0) is 9.53 Å². The van der Waals surface area contributed by atoms with Gasteiger partial charge in [0.15, 0.2) is 5.92 Å². The molecule has 0 bridgehead atoms. The van der Waals surface area contributed by atoms with E-state index in [2.05, 4.69) is 25.3 Å². The van der Waals surface area contributed by atoms with Gasteiger partial charge in [0.1, 0.15) is 0 Å². The van der Waals surface area contributed by atoms with Crippen molar-refractivity contribution in [2.24, 2.45) is 5.92 Å². The van der Waals surface area contributed by atoms with Crippen molar-refractivity contribution in [3.63, 3.8) is 0 Å². The minimum absolute atomic E-state index is 0. The zero-order valence-electron chi connectivity index (χ0n) is 6.89. The molecule has 0 amide bonds. The molecular formula is C7H12KNO2S2. The molecule has 0 aliphatic carbocycles. The summed E-state index contributed by atoms with van der Waals surface area (Å²) >= 11 is 7.75. The molecule has 70 valence electrons. The SMILES string of the molecule is CC(C)OC(=O)C(C#N)C(S)S.[KH]. The first-order valence-corrected chi connectivity index (χ1v) is 4.48. The third-order valence-corrected chi connectivity index (χ3v) is 1.64. The van der Waals surface area contributed by atoms with Gasteiger partial charge in [-0.25, -0.2) is 0 Å². The molecule has 6 heteroatoms. The molecule has 1 atom stereocenters. The summed E-state index contributed by atoms with van der Waals surface area (Å²) in [5.74, 6) is -1.47. The van der Waals surface area contributed by atoms with E-state index in [9.17, 15) is 4.79 Å². The van der Waals surface area contributed by atoms with Crippen molar-refractivity contribution in [3.05, 3.63) is 0 Å². The van der Waals surface area contributed by atoms with Crippen LogP contribution in [0.5, 0.6) is 0 Å². The third kappa shape index (κ3) is 7.25. The van der Waals surface area contributed by atoms with Gasteiger partial charge < -0.3 is 4.74 Å². The predicted octanol–water partition coefficient (Wildman–Crippen LogP) is 0.615. The van der Waals surface area contributed by atoms with E-state index in [4.69, 9.17) is 10.00 Å². The fourth-order valence-electron chi connectivity index (χ4n) is 0.547. The summed E-state index contributed by atoms with van der Waals surface area (Å²) in [7, 11) is 0. The number of nitrogens with zero attached hydrogens (tertiary/aromatic N) is 1. The molecule has 0 aliphatic rings. The number of nitriles is 1. The molecule has 3 nitrogen and oxygen atoms in total. The van der Waals surface area contributed by atoms with Crippen LogP contribution in [0.1, 0.15) is 13.8 Å². The zero-order chi connectivity index (χ0) is 9.72. The van der Waals surface area contributed by atoms with Crippen LogP contribution in [0.15, 0.2) is 0 Å². The van der Waals surface area contributed by atoms with Crippen LogP contribution in [0.3, 0.4) is 0 Å². The number of ether oxygens (including phenoxy) is 1. The van der Waals surface area contributed by atoms with Crippen molar-refractivity contribution < 1.29 is 9.53 Å². The molecule has 0 spiro atoms. The molecule has 0 saturated carbocycles. The van der Waals surface area contributed by atoms with Crippen molar-refractivity contribution in [2.45, 2.75) is 24.5 Å². The van der Waals surface area contributed by atoms with Crippen LogP contribution >= 0.6 is 25.3 Å². The average molecular weight is 245 g/mol. The summed E-state index contributed by atoms with van der Waals surface area (Å²) in [4.78, 5) is 11.1. The molecule has 0 aliphatic heterocycles. The first kappa shape index (κ1) is 16.7. The van der Waals surface area contributed by atoms with E-state index >= 15 is 0 Å². The summed E-state index contributed by atoms with van der Waals surface area (Å²) < 4.78 is 4.21. The van der Waals surface area contributed by atoms with E-state index in [0.717, 1.165) is 0 Å². The monoisotopic (exact) mass is 245 g/mol. The first-order chi connectivity index (χ1) is 5.49. The van der Waals surface area contributed by atoms with Gasteiger partial charge in [-0.1, -0.05) is 0 Å². The van der Waals surface area contributed by atoms with Gasteiger partial charge in [-0.15, -0.1) is 0 Å². The van der Waals surface area contributed by atoms with Gasteiger partial charge in [0.25, 0.3) is 0 Å². The zero-order valence-corrected chi connectivity index (χ0v) is 8.68. The second kappa shape index (κ2) is 8.59. The van der Waals surface area contributed by atoms with E-state index in [1.54, 1.807) is 19.9 Å². The average Bonchev–Trinajstić information content (AvgIpc) is 1.85. The summed E-state index contributed by atoms with van der Waals surface area (Å²) in [5, 5.41) is 8.53. The van der Waals surface area contributed by atoms with E-state index < -0.39 is 16.5 Å². The summed E-state index contributed by atoms with van der Waals surface area (Å²) in [6.07, 6.45) is -0.214. The Balaban J connectivity index is 0. The topological polar surface area (TPSA) is 50.1 Å². The quantitative estimate of drug-likeness (QED) is 0.332. The molecule has 0 heterocycles. The van der Waals surface area contributed by atoms with E-state index in [-0.39, 0.29) is 57.5 Å². The number of hydrogen-bond donors (Lipinski definition) is 2. The number of rotatable bonds is 3. The fourth-order valence-corrected chi connectivity index (χ4v) is 0.923. The molecule has 0 fully saturated rings. The summed E-state index contributed by atoms with van der Waals surface area (Å²) in [6.45, 7) is 3.44. The Hall–Kier alpha value is 1.30. The van der Waals surface area contributed by atoms with Gasteiger partial charge in [-0.3, -0.25) is 4.79 Å². The molecular weight excluding hydrogens is 233 g/mol. The number of hydrogen-bond acceptors (Lipinski definition) is 5. The van der Waals surface area contributed by atoms with Crippen molar-refractivity contribution in [1.82, 2.24) is 0 Å². The summed E-state index contributed by atoms with van der Waals surface area (Å²) in [6, 6.07) is 1.78. The minimum atomic E-state index is -0.904. The Labute approximate surface area is 132 Å². The van der Waals surface area contributed by atoms with Crippen molar-refractivity contribution in [2.75, 3.05) is 0 Å². The summed E-state index contributed by atoms with van der Waals surface area (Å²) in [5.41, 5.74) is 0. The molecule has 0 radical (unpaired) electrons. The van der Waals surface area contributed by atoms with Crippen LogP contribution < -0.4 is 0 Å². The van der Waals surface area contributed by atoms with Crippen LogP contribution in [0.25, 0.3) is 0 Å². The fraction of sp³-hybridized carbons (Fsp3) is 0.714. The maximum atomic E-state index is 11.1. The molecule has 0 aromatic rings. The van der Waals surface area contributed by atoms with Crippen LogP contribution in [0, 0.1) is 17.2 Å². The van der Waals surface area contributed by atoms with Gasteiger partial charge in [0, 0.05) is 0 Å². The Morgan fingerprint density at radius 1 is 1.46 bits per heavy atom. The maximum absolute atomic E-state index is 11.1. The number of carbonyl (C=O) groups excluding carboxylic acids is 1. The number of thiol groups is 2. The van der Waals surface area contributed by atoms with Crippen molar-refractivity contribution >= 4 is 82.6 Å². The van der Waals surface area contributed by atoms with Crippen molar-refractivity contribution in [1.29, 1.82) is 5.26 Å². The predicted molar refractivity (Wildman–Crippen MR) is 59.2 cm³/mol. The molecule has 0 rings (SSSR count). The van der Waals surface area contributed by atoms with E-state index in [1.165, 1.54) is 0 Å². The molecule has 0 N–H and O–H groups in total. The van der Waals surface area contributed by atoms with Gasteiger partial charge in [0.05, 0.1) is 16.8 Å². The second-order valence-corrected chi connectivity index (χ2v) is 4.03. The third-order valence-electron chi connectivity index (χ3n) is 1.04. The number of carbonyl (C=O) groups is 1. The molecule has 0 aromatic heterocycles. The van der Waals surface area contributed by atoms with Gasteiger partial charge in [-0.2, -0.15) is 30.5 Å². The van der Waals surface area contributed by atoms with Gasteiger partial charge >= 0.3 is 57.4 Å². The van der Waals surface area contributed by atoms with Crippen LogP contribution in [-0.4, -0.2) is 68.0 Å². The van der Waals surface area contributed by atoms with Gasteiger partial charge in [-0.05, 0) is 13.8 Å². The van der Waals surface area contributed by atoms with Crippen LogP contribution in [0.2, 0.25) is 0 Å². The van der Waals surface area contributed by atoms with Crippen LogP contribution in [0.4, 0.5) is 0 Å². The standard InChI is InChI=1S/C7H11NO2S2.K.H/c1-4(2)10-6(9)5(3-8)7(11)12;;/h4-5,7,11-12H,1-2H3;;. The second-order valence-electron chi connectivity index (χ2n) is 2.51. The molecule has 0 saturated heterocycles.